The molecule has 0 saturated carbocycles. The molecule has 0 unspecified atom stereocenters. The van der Waals surface area contributed by atoms with E-state index in [1.165, 1.54) is 23.5 Å². The maximum absolute atomic E-state index is 10.4. The summed E-state index contributed by atoms with van der Waals surface area (Å²) in [5.41, 5.74) is 0.0267. The number of thiophene rings is 1. The van der Waals surface area contributed by atoms with Gasteiger partial charge in [0.1, 0.15) is 9.37 Å². The van der Waals surface area contributed by atoms with Crippen LogP contribution >= 0.6 is 34.5 Å². The summed E-state index contributed by atoms with van der Waals surface area (Å²) in [5.74, 6) is 0. The molecule has 0 aliphatic rings. The topological polar surface area (TPSA) is 43.1 Å². The Bertz CT molecular complexity index is 330. The van der Waals surface area contributed by atoms with E-state index in [9.17, 15) is 10.1 Å². The van der Waals surface area contributed by atoms with Gasteiger partial charge in [0, 0.05) is 6.07 Å². The van der Waals surface area contributed by atoms with Crippen LogP contribution in [0.5, 0.6) is 0 Å². The lowest BCUT2D eigenvalue weighted by Gasteiger charge is -1.87. The highest BCUT2D eigenvalue weighted by Crippen LogP contribution is 2.28. The summed E-state index contributed by atoms with van der Waals surface area (Å²) in [4.78, 5) is 10.3. The highest BCUT2D eigenvalue weighted by Gasteiger charge is 2.12. The van der Waals surface area contributed by atoms with Crippen LogP contribution in [0.1, 0.15) is 4.88 Å². The van der Waals surface area contributed by atoms with Gasteiger partial charge in [0.2, 0.25) is 0 Å². The smallest absolute Gasteiger partial charge is 0.258 e. The summed E-state index contributed by atoms with van der Waals surface area (Å²) < 4.78 is 0.0144. The zero-order valence-electron chi connectivity index (χ0n) is 5.66. The Labute approximate surface area is 82.4 Å². The molecule has 0 aliphatic heterocycles. The first-order chi connectivity index (χ1) is 5.61. The van der Waals surface area contributed by atoms with Gasteiger partial charge in [-0.15, -0.1) is 11.3 Å². The molecule has 3 nitrogen and oxygen atoms in total. The molecule has 0 spiro atoms. The van der Waals surface area contributed by atoms with E-state index >= 15 is 0 Å². The first kappa shape index (κ1) is 9.51. The Morgan fingerprint density at radius 3 is 2.83 bits per heavy atom. The van der Waals surface area contributed by atoms with Crippen LogP contribution in [0, 0.1) is 10.1 Å². The molecule has 0 saturated heterocycles. The predicted octanol–water partition coefficient (Wildman–Crippen LogP) is 3.43. The maximum atomic E-state index is 10.4. The van der Waals surface area contributed by atoms with Gasteiger partial charge in [-0.2, -0.15) is 0 Å². The monoisotopic (exact) mass is 223 g/mol. The Kier molecular flexibility index (Phi) is 3.08. The summed E-state index contributed by atoms with van der Waals surface area (Å²) >= 11 is 11.9. The second-order valence-electron chi connectivity index (χ2n) is 1.86. The lowest BCUT2D eigenvalue weighted by Crippen LogP contribution is -1.85. The summed E-state index contributed by atoms with van der Waals surface area (Å²) in [6, 6.07) is 1.41. The molecule has 0 fully saturated rings. The molecule has 0 aliphatic carbocycles. The Morgan fingerprint density at radius 1 is 1.67 bits per heavy atom. The lowest BCUT2D eigenvalue weighted by atomic mass is 10.4. The molecule has 1 aromatic rings. The van der Waals surface area contributed by atoms with Crippen molar-refractivity contribution in [1.82, 2.24) is 0 Å². The number of hydrogen-bond donors (Lipinski definition) is 0. The van der Waals surface area contributed by atoms with E-state index in [2.05, 4.69) is 0 Å². The van der Waals surface area contributed by atoms with Crippen molar-refractivity contribution in [2.45, 2.75) is 0 Å². The van der Waals surface area contributed by atoms with E-state index < -0.39 is 4.92 Å². The molecule has 64 valence electrons. The van der Waals surface area contributed by atoms with Crippen molar-refractivity contribution in [1.29, 1.82) is 0 Å². The average molecular weight is 224 g/mol. The van der Waals surface area contributed by atoms with E-state index in [1.54, 1.807) is 5.38 Å². The second-order valence-corrected chi connectivity index (χ2v) is 3.82. The van der Waals surface area contributed by atoms with Gasteiger partial charge in [-0.1, -0.05) is 23.2 Å². The van der Waals surface area contributed by atoms with Gasteiger partial charge in [0.15, 0.2) is 0 Å². The minimum Gasteiger partial charge on any atom is -0.258 e. The quantitative estimate of drug-likeness (QED) is 0.570. The molecule has 0 atom stereocenters. The van der Waals surface area contributed by atoms with Gasteiger partial charge in [0.05, 0.1) is 4.92 Å². The normalized spacial score (nSPS) is 9.50. The average Bonchev–Trinajstić information content (AvgIpc) is 2.33. The van der Waals surface area contributed by atoms with Crippen LogP contribution in [0.25, 0.3) is 6.08 Å². The number of rotatable bonds is 2. The van der Waals surface area contributed by atoms with Crippen molar-refractivity contribution < 1.29 is 4.92 Å². The van der Waals surface area contributed by atoms with Crippen LogP contribution < -0.4 is 0 Å². The standard InChI is InChI=1S/C6H3Cl2NO2S/c7-6(8)3-5-4(9(10)11)1-2-12-5/h1-3H. The Balaban J connectivity index is 3.08. The lowest BCUT2D eigenvalue weighted by molar-refractivity contribution is -0.384. The van der Waals surface area contributed by atoms with Gasteiger partial charge >= 0.3 is 0 Å². The fourth-order valence-corrected chi connectivity index (χ4v) is 1.81. The van der Waals surface area contributed by atoms with Crippen LogP contribution in [0.3, 0.4) is 0 Å². The minimum absolute atomic E-state index is 0.0144. The fourth-order valence-electron chi connectivity index (χ4n) is 0.672. The van der Waals surface area contributed by atoms with Crippen LogP contribution in [0.15, 0.2) is 15.9 Å². The third-order valence-corrected chi connectivity index (χ3v) is 2.18. The van der Waals surface area contributed by atoms with Crippen LogP contribution in [0.4, 0.5) is 5.69 Å². The molecule has 6 heteroatoms. The first-order valence-electron chi connectivity index (χ1n) is 2.86. The molecule has 1 heterocycles. The molecule has 0 bridgehead atoms. The fraction of sp³-hybridized carbons (Fsp3) is 0. The van der Waals surface area contributed by atoms with E-state index in [4.69, 9.17) is 23.2 Å². The molecule has 0 aromatic carbocycles. The molecule has 0 amide bonds. The summed E-state index contributed by atoms with van der Waals surface area (Å²) in [5, 5.41) is 12.0. The van der Waals surface area contributed by atoms with Gasteiger partial charge in [-0.25, -0.2) is 0 Å². The first-order valence-corrected chi connectivity index (χ1v) is 4.49. The Morgan fingerprint density at radius 2 is 2.33 bits per heavy atom. The van der Waals surface area contributed by atoms with Gasteiger partial charge in [-0.3, -0.25) is 10.1 Å². The van der Waals surface area contributed by atoms with Crippen molar-refractivity contribution >= 4 is 46.3 Å². The van der Waals surface area contributed by atoms with Crippen molar-refractivity contribution in [3.63, 3.8) is 0 Å². The van der Waals surface area contributed by atoms with Crippen LogP contribution in [0.2, 0.25) is 0 Å². The van der Waals surface area contributed by atoms with Crippen LogP contribution in [-0.4, -0.2) is 4.92 Å². The highest BCUT2D eigenvalue weighted by molar-refractivity contribution is 7.11. The van der Waals surface area contributed by atoms with Crippen molar-refractivity contribution in [2.24, 2.45) is 0 Å². The zero-order chi connectivity index (χ0) is 9.14. The molecule has 12 heavy (non-hydrogen) atoms. The van der Waals surface area contributed by atoms with Crippen molar-refractivity contribution in [2.75, 3.05) is 0 Å². The van der Waals surface area contributed by atoms with E-state index in [-0.39, 0.29) is 10.2 Å². The van der Waals surface area contributed by atoms with Crippen molar-refractivity contribution in [3.05, 3.63) is 30.9 Å². The number of nitrogens with zero attached hydrogens (tertiary/aromatic N) is 1. The number of nitro groups is 1. The summed E-state index contributed by atoms with van der Waals surface area (Å²) in [6.07, 6.45) is 1.35. The van der Waals surface area contributed by atoms with E-state index in [0.29, 0.717) is 4.88 Å². The minimum atomic E-state index is -0.473. The molecule has 0 N–H and O–H groups in total. The maximum Gasteiger partial charge on any atom is 0.287 e. The van der Waals surface area contributed by atoms with Gasteiger partial charge in [-0.05, 0) is 11.5 Å². The predicted molar refractivity (Wildman–Crippen MR) is 50.7 cm³/mol. The Hall–Kier alpha value is -0.580. The SMILES string of the molecule is O=[N+]([O-])c1ccsc1C=C(Cl)Cl. The van der Waals surface area contributed by atoms with Crippen molar-refractivity contribution in [3.8, 4) is 0 Å². The van der Waals surface area contributed by atoms with Gasteiger partial charge < -0.3 is 0 Å². The van der Waals surface area contributed by atoms with Gasteiger partial charge in [0.25, 0.3) is 5.69 Å². The third-order valence-electron chi connectivity index (χ3n) is 1.11. The third kappa shape index (κ3) is 2.20. The molecular weight excluding hydrogens is 221 g/mol. The molecule has 0 radical (unpaired) electrons. The number of halogens is 2. The molecular formula is C6H3Cl2NO2S. The molecule has 1 rings (SSSR count). The largest absolute Gasteiger partial charge is 0.287 e. The number of hydrogen-bond acceptors (Lipinski definition) is 3. The van der Waals surface area contributed by atoms with Crippen LogP contribution in [-0.2, 0) is 0 Å². The molecule has 1 aromatic heterocycles. The zero-order valence-corrected chi connectivity index (χ0v) is 7.99. The highest BCUT2D eigenvalue weighted by atomic mass is 35.5. The summed E-state index contributed by atoms with van der Waals surface area (Å²) in [7, 11) is 0. The van der Waals surface area contributed by atoms with E-state index in [0.717, 1.165) is 0 Å². The summed E-state index contributed by atoms with van der Waals surface area (Å²) in [6.45, 7) is 0. The second kappa shape index (κ2) is 3.89. The van der Waals surface area contributed by atoms with E-state index in [1.807, 2.05) is 0 Å².